The van der Waals surface area contributed by atoms with Gasteiger partial charge in [-0.2, -0.15) is 0 Å². The summed E-state index contributed by atoms with van der Waals surface area (Å²) in [5.74, 6) is -0.185. The van der Waals surface area contributed by atoms with Crippen LogP contribution in [0.3, 0.4) is 0 Å². The number of hydrogen-bond donors (Lipinski definition) is 2. The van der Waals surface area contributed by atoms with Crippen LogP contribution < -0.4 is 11.5 Å². The Balaban J connectivity index is 2.31. The van der Waals surface area contributed by atoms with Gasteiger partial charge in [0, 0.05) is 26.6 Å². The van der Waals surface area contributed by atoms with E-state index in [-0.39, 0.29) is 17.9 Å². The van der Waals surface area contributed by atoms with Gasteiger partial charge in [0.15, 0.2) is 0 Å². The van der Waals surface area contributed by atoms with Crippen molar-refractivity contribution in [1.82, 2.24) is 9.80 Å². The van der Waals surface area contributed by atoms with Gasteiger partial charge in [-0.15, -0.1) is 0 Å². The first-order valence-corrected chi connectivity index (χ1v) is 6.53. The van der Waals surface area contributed by atoms with Crippen LogP contribution in [0.2, 0.25) is 0 Å². The molecular weight excluding hydrogens is 232 g/mol. The summed E-state index contributed by atoms with van der Waals surface area (Å²) in [6.07, 6.45) is 3.04. The summed E-state index contributed by atoms with van der Waals surface area (Å²) < 4.78 is 0. The zero-order chi connectivity index (χ0) is 13.5. The number of nitrogens with two attached hydrogens (primary N) is 2. The standard InChI is InChI=1S/C12H24N4O2/c1-15(7-3-6-13)11(17)5-9-16-8-2-4-10(16)12(14)18/h10H,2-9,13H2,1H3,(H2,14,18). The van der Waals surface area contributed by atoms with Crippen molar-refractivity contribution in [3.05, 3.63) is 0 Å². The van der Waals surface area contributed by atoms with Gasteiger partial charge in [0.2, 0.25) is 11.8 Å². The molecule has 4 N–H and O–H groups in total. The quantitative estimate of drug-likeness (QED) is 0.619. The van der Waals surface area contributed by atoms with E-state index < -0.39 is 0 Å². The van der Waals surface area contributed by atoms with E-state index >= 15 is 0 Å². The van der Waals surface area contributed by atoms with Crippen LogP contribution in [0.15, 0.2) is 0 Å². The fourth-order valence-corrected chi connectivity index (χ4v) is 2.30. The molecule has 0 saturated carbocycles. The van der Waals surface area contributed by atoms with E-state index in [1.807, 2.05) is 4.90 Å². The second-order valence-corrected chi connectivity index (χ2v) is 4.80. The first kappa shape index (κ1) is 14.9. The van der Waals surface area contributed by atoms with E-state index in [9.17, 15) is 9.59 Å². The van der Waals surface area contributed by atoms with Crippen LogP contribution >= 0.6 is 0 Å². The van der Waals surface area contributed by atoms with Gasteiger partial charge < -0.3 is 16.4 Å². The molecule has 0 radical (unpaired) electrons. The third kappa shape index (κ3) is 4.27. The summed E-state index contributed by atoms with van der Waals surface area (Å²) in [4.78, 5) is 26.7. The summed E-state index contributed by atoms with van der Waals surface area (Å²) >= 11 is 0. The van der Waals surface area contributed by atoms with Gasteiger partial charge in [-0.25, -0.2) is 0 Å². The highest BCUT2D eigenvalue weighted by atomic mass is 16.2. The summed E-state index contributed by atoms with van der Waals surface area (Å²) in [5, 5.41) is 0. The molecule has 1 atom stereocenters. The number of carbonyl (C=O) groups excluding carboxylic acids is 2. The maximum absolute atomic E-state index is 11.8. The largest absolute Gasteiger partial charge is 0.368 e. The Morgan fingerprint density at radius 3 is 2.78 bits per heavy atom. The molecule has 0 aromatic heterocycles. The van der Waals surface area contributed by atoms with Gasteiger partial charge in [0.25, 0.3) is 0 Å². The topological polar surface area (TPSA) is 92.7 Å². The van der Waals surface area contributed by atoms with Crippen molar-refractivity contribution in [3.63, 3.8) is 0 Å². The van der Waals surface area contributed by atoms with E-state index in [4.69, 9.17) is 11.5 Å². The predicted octanol–water partition coefficient (Wildman–Crippen LogP) is -0.867. The minimum absolute atomic E-state index is 0.0959. The molecule has 0 aromatic carbocycles. The van der Waals surface area contributed by atoms with Crippen molar-refractivity contribution in [1.29, 1.82) is 0 Å². The molecule has 6 nitrogen and oxygen atoms in total. The summed E-state index contributed by atoms with van der Waals surface area (Å²) in [6.45, 7) is 2.74. The number of nitrogens with zero attached hydrogens (tertiary/aromatic N) is 2. The SMILES string of the molecule is CN(CCCN)C(=O)CCN1CCCC1C(N)=O. The number of rotatable bonds is 7. The Hall–Kier alpha value is -1.14. The zero-order valence-corrected chi connectivity index (χ0v) is 11.1. The molecule has 2 amide bonds. The molecule has 0 aliphatic carbocycles. The Bertz CT molecular complexity index is 296. The van der Waals surface area contributed by atoms with Crippen LogP contribution in [0.5, 0.6) is 0 Å². The Kier molecular flexibility index (Phi) is 6.07. The van der Waals surface area contributed by atoms with E-state index in [1.54, 1.807) is 11.9 Å². The highest BCUT2D eigenvalue weighted by Crippen LogP contribution is 2.16. The Morgan fingerprint density at radius 1 is 1.44 bits per heavy atom. The van der Waals surface area contributed by atoms with Gasteiger partial charge in [0.1, 0.15) is 0 Å². The molecular formula is C12H24N4O2. The Morgan fingerprint density at radius 2 is 2.17 bits per heavy atom. The van der Waals surface area contributed by atoms with E-state index in [0.29, 0.717) is 26.1 Å². The van der Waals surface area contributed by atoms with Crippen molar-refractivity contribution in [2.45, 2.75) is 31.7 Å². The summed E-state index contributed by atoms with van der Waals surface area (Å²) in [5.41, 5.74) is 10.7. The normalized spacial score (nSPS) is 20.0. The molecule has 1 aliphatic heterocycles. The van der Waals surface area contributed by atoms with Crippen LogP contribution in [0.4, 0.5) is 0 Å². The third-order valence-corrected chi connectivity index (χ3v) is 3.43. The fourth-order valence-electron chi connectivity index (χ4n) is 2.30. The molecule has 0 spiro atoms. The molecule has 1 unspecified atom stereocenters. The summed E-state index contributed by atoms with van der Waals surface area (Å²) in [7, 11) is 1.79. The lowest BCUT2D eigenvalue weighted by atomic mass is 10.2. The molecule has 0 aromatic rings. The highest BCUT2D eigenvalue weighted by molar-refractivity contribution is 5.80. The molecule has 1 saturated heterocycles. The number of amides is 2. The maximum Gasteiger partial charge on any atom is 0.234 e. The van der Waals surface area contributed by atoms with Crippen LogP contribution in [-0.2, 0) is 9.59 Å². The first-order chi connectivity index (χ1) is 8.56. The number of hydrogen-bond acceptors (Lipinski definition) is 4. The molecule has 104 valence electrons. The van der Waals surface area contributed by atoms with Crippen molar-refractivity contribution in [2.24, 2.45) is 11.5 Å². The Labute approximate surface area is 108 Å². The van der Waals surface area contributed by atoms with Crippen LogP contribution in [-0.4, -0.2) is 60.9 Å². The van der Waals surface area contributed by atoms with Crippen LogP contribution in [0.1, 0.15) is 25.7 Å². The third-order valence-electron chi connectivity index (χ3n) is 3.43. The van der Waals surface area contributed by atoms with Gasteiger partial charge in [-0.05, 0) is 32.4 Å². The van der Waals surface area contributed by atoms with Gasteiger partial charge >= 0.3 is 0 Å². The lowest BCUT2D eigenvalue weighted by molar-refractivity contribution is -0.131. The fraction of sp³-hybridized carbons (Fsp3) is 0.833. The average Bonchev–Trinajstić information content (AvgIpc) is 2.81. The second-order valence-electron chi connectivity index (χ2n) is 4.80. The highest BCUT2D eigenvalue weighted by Gasteiger charge is 2.29. The maximum atomic E-state index is 11.8. The molecule has 1 aliphatic rings. The van der Waals surface area contributed by atoms with Gasteiger partial charge in [0.05, 0.1) is 6.04 Å². The number of likely N-dealkylation sites (tertiary alicyclic amines) is 1. The second kappa shape index (κ2) is 7.33. The van der Waals surface area contributed by atoms with Crippen molar-refractivity contribution >= 4 is 11.8 Å². The molecule has 1 rings (SSSR count). The minimum atomic E-state index is -0.281. The molecule has 18 heavy (non-hydrogen) atoms. The number of carbonyl (C=O) groups is 2. The van der Waals surface area contributed by atoms with Gasteiger partial charge in [-0.3, -0.25) is 14.5 Å². The van der Waals surface area contributed by atoms with Crippen molar-refractivity contribution in [2.75, 3.05) is 33.2 Å². The molecule has 1 heterocycles. The van der Waals surface area contributed by atoms with Crippen molar-refractivity contribution in [3.8, 4) is 0 Å². The van der Waals surface area contributed by atoms with E-state index in [1.165, 1.54) is 0 Å². The molecule has 0 bridgehead atoms. The monoisotopic (exact) mass is 256 g/mol. The molecule has 6 heteroatoms. The van der Waals surface area contributed by atoms with E-state index in [0.717, 1.165) is 25.8 Å². The minimum Gasteiger partial charge on any atom is -0.368 e. The van der Waals surface area contributed by atoms with Crippen LogP contribution in [0.25, 0.3) is 0 Å². The lowest BCUT2D eigenvalue weighted by Gasteiger charge is -2.23. The van der Waals surface area contributed by atoms with Crippen molar-refractivity contribution < 1.29 is 9.59 Å². The smallest absolute Gasteiger partial charge is 0.234 e. The zero-order valence-electron chi connectivity index (χ0n) is 11.1. The summed E-state index contributed by atoms with van der Waals surface area (Å²) in [6, 6.07) is -0.188. The molecule has 1 fully saturated rings. The first-order valence-electron chi connectivity index (χ1n) is 6.53. The number of primary amides is 1. The van der Waals surface area contributed by atoms with Gasteiger partial charge in [-0.1, -0.05) is 0 Å². The average molecular weight is 256 g/mol. The lowest BCUT2D eigenvalue weighted by Crippen LogP contribution is -2.42. The van der Waals surface area contributed by atoms with Crippen LogP contribution in [0, 0.1) is 0 Å². The predicted molar refractivity (Wildman–Crippen MR) is 69.7 cm³/mol. The van der Waals surface area contributed by atoms with E-state index in [2.05, 4.69) is 0 Å².